The van der Waals surface area contributed by atoms with Crippen molar-refractivity contribution in [3.8, 4) is 33.6 Å². The Balaban J connectivity index is 2.13. The van der Waals surface area contributed by atoms with Gasteiger partial charge in [-0.05, 0) is 45.8 Å². The average Bonchev–Trinajstić information content (AvgIpc) is 2.70. The van der Waals surface area contributed by atoms with E-state index in [2.05, 4.69) is 31.1 Å². The van der Waals surface area contributed by atoms with E-state index in [1.54, 1.807) is 12.3 Å². The molecule has 0 bridgehead atoms. The van der Waals surface area contributed by atoms with E-state index in [0.717, 1.165) is 5.56 Å². The summed E-state index contributed by atoms with van der Waals surface area (Å²) in [4.78, 5) is 4.39. The van der Waals surface area contributed by atoms with E-state index in [1.165, 1.54) is 18.2 Å². The molecule has 0 atom stereocenters. The summed E-state index contributed by atoms with van der Waals surface area (Å²) in [5.41, 5.74) is 2.46. The van der Waals surface area contributed by atoms with Gasteiger partial charge in [0, 0.05) is 17.3 Å². The highest BCUT2D eigenvalue weighted by Crippen LogP contribution is 2.42. The van der Waals surface area contributed by atoms with Gasteiger partial charge in [-0.2, -0.15) is 0 Å². The summed E-state index contributed by atoms with van der Waals surface area (Å²) in [6.07, 6.45) is 1.65. The molecule has 0 spiro atoms. The smallest absolute Gasteiger partial charge is 0.138 e. The third-order valence-electron chi connectivity index (χ3n) is 4.11. The van der Waals surface area contributed by atoms with Gasteiger partial charge in [0.05, 0.1) is 11.3 Å². The summed E-state index contributed by atoms with van der Waals surface area (Å²) in [5.74, 6) is -1.40. The summed E-state index contributed by atoms with van der Waals surface area (Å²) in [6, 6.07) is 18.5. The SMILES string of the molecule is Fc1cccc(F)c1-c1nnc(Br)c(-c2ccccn2)c1-c1ccccc1. The highest BCUT2D eigenvalue weighted by molar-refractivity contribution is 9.10. The summed E-state index contributed by atoms with van der Waals surface area (Å²) in [6.45, 7) is 0. The number of halogens is 3. The second-order valence-electron chi connectivity index (χ2n) is 5.77. The Bertz CT molecular complexity index is 1080. The maximum atomic E-state index is 14.5. The molecule has 0 unspecified atom stereocenters. The second kappa shape index (κ2) is 7.32. The van der Waals surface area contributed by atoms with Gasteiger partial charge < -0.3 is 0 Å². The van der Waals surface area contributed by atoms with Crippen LogP contribution in [0.4, 0.5) is 8.78 Å². The van der Waals surface area contributed by atoms with Crippen LogP contribution in [0.5, 0.6) is 0 Å². The lowest BCUT2D eigenvalue weighted by molar-refractivity contribution is 0.588. The number of aromatic nitrogens is 3. The number of rotatable bonds is 3. The minimum Gasteiger partial charge on any atom is -0.256 e. The molecule has 0 radical (unpaired) electrons. The van der Waals surface area contributed by atoms with E-state index in [1.807, 2.05) is 42.5 Å². The summed E-state index contributed by atoms with van der Waals surface area (Å²) in [7, 11) is 0. The van der Waals surface area contributed by atoms with Gasteiger partial charge in [0.2, 0.25) is 0 Å². The molecule has 0 aliphatic rings. The third-order valence-corrected chi connectivity index (χ3v) is 4.67. The van der Waals surface area contributed by atoms with Gasteiger partial charge in [-0.1, -0.05) is 42.5 Å². The average molecular weight is 424 g/mol. The van der Waals surface area contributed by atoms with Gasteiger partial charge in [-0.15, -0.1) is 10.2 Å². The van der Waals surface area contributed by atoms with Crippen molar-refractivity contribution in [2.45, 2.75) is 0 Å². The first-order chi connectivity index (χ1) is 13.2. The normalized spacial score (nSPS) is 10.8. The first-order valence-electron chi connectivity index (χ1n) is 8.14. The van der Waals surface area contributed by atoms with Gasteiger partial charge >= 0.3 is 0 Å². The summed E-state index contributed by atoms with van der Waals surface area (Å²) < 4.78 is 29.5. The molecule has 6 heteroatoms. The van der Waals surface area contributed by atoms with Crippen LogP contribution in [0.2, 0.25) is 0 Å². The Morgan fingerprint density at radius 2 is 1.37 bits per heavy atom. The van der Waals surface area contributed by atoms with Crippen molar-refractivity contribution in [2.24, 2.45) is 0 Å². The zero-order valence-electron chi connectivity index (χ0n) is 13.9. The molecule has 0 saturated heterocycles. The maximum absolute atomic E-state index is 14.5. The topological polar surface area (TPSA) is 38.7 Å². The van der Waals surface area contributed by atoms with Crippen LogP contribution in [0.25, 0.3) is 33.6 Å². The lowest BCUT2D eigenvalue weighted by Gasteiger charge is -2.16. The molecular weight excluding hydrogens is 412 g/mol. The van der Waals surface area contributed by atoms with Crippen LogP contribution in [-0.2, 0) is 0 Å². The molecule has 132 valence electrons. The molecule has 0 fully saturated rings. The standard InChI is InChI=1S/C21H12BrF2N3/c22-21-19(16-11-4-5-12-25-16)17(13-7-2-1-3-8-13)20(26-27-21)18-14(23)9-6-10-15(18)24/h1-12H. The van der Waals surface area contributed by atoms with Crippen LogP contribution < -0.4 is 0 Å². The molecule has 0 amide bonds. The van der Waals surface area contributed by atoms with Gasteiger partial charge in [0.15, 0.2) is 0 Å². The number of benzene rings is 2. The number of nitrogens with zero attached hydrogens (tertiary/aromatic N) is 3. The van der Waals surface area contributed by atoms with E-state index in [4.69, 9.17) is 0 Å². The van der Waals surface area contributed by atoms with Crippen molar-refractivity contribution in [3.63, 3.8) is 0 Å². The predicted octanol–water partition coefficient (Wildman–Crippen LogP) is 5.91. The lowest BCUT2D eigenvalue weighted by Crippen LogP contribution is -2.02. The predicted molar refractivity (Wildman–Crippen MR) is 104 cm³/mol. The van der Waals surface area contributed by atoms with Crippen molar-refractivity contribution in [2.75, 3.05) is 0 Å². The van der Waals surface area contributed by atoms with Crippen molar-refractivity contribution < 1.29 is 8.78 Å². The fourth-order valence-corrected chi connectivity index (χ4v) is 3.43. The molecule has 3 nitrogen and oxygen atoms in total. The molecule has 2 aromatic carbocycles. The van der Waals surface area contributed by atoms with E-state index < -0.39 is 11.6 Å². The number of hydrogen-bond acceptors (Lipinski definition) is 3. The summed E-state index contributed by atoms with van der Waals surface area (Å²) in [5, 5.41) is 8.22. The van der Waals surface area contributed by atoms with Crippen LogP contribution >= 0.6 is 15.9 Å². The highest BCUT2D eigenvalue weighted by atomic mass is 79.9. The Kier molecular flexibility index (Phi) is 4.73. The quantitative estimate of drug-likeness (QED) is 0.410. The zero-order valence-corrected chi connectivity index (χ0v) is 15.5. The monoisotopic (exact) mass is 423 g/mol. The minimum absolute atomic E-state index is 0.126. The lowest BCUT2D eigenvalue weighted by atomic mass is 9.94. The van der Waals surface area contributed by atoms with Crippen molar-refractivity contribution in [1.29, 1.82) is 0 Å². The van der Waals surface area contributed by atoms with Gasteiger partial charge in [0.25, 0.3) is 0 Å². The highest BCUT2D eigenvalue weighted by Gasteiger charge is 2.24. The van der Waals surface area contributed by atoms with E-state index in [9.17, 15) is 8.78 Å². The Labute approximate surface area is 162 Å². The Morgan fingerprint density at radius 3 is 2.04 bits per heavy atom. The summed E-state index contributed by atoms with van der Waals surface area (Å²) >= 11 is 3.42. The zero-order chi connectivity index (χ0) is 18.8. The molecular formula is C21H12BrF2N3. The molecule has 4 rings (SSSR count). The Morgan fingerprint density at radius 1 is 0.667 bits per heavy atom. The van der Waals surface area contributed by atoms with E-state index in [0.29, 0.717) is 21.4 Å². The second-order valence-corrected chi connectivity index (χ2v) is 6.52. The molecule has 2 aromatic heterocycles. The van der Waals surface area contributed by atoms with E-state index in [-0.39, 0.29) is 11.3 Å². The maximum Gasteiger partial charge on any atom is 0.138 e. The van der Waals surface area contributed by atoms with Gasteiger partial charge in [-0.25, -0.2) is 8.78 Å². The molecule has 0 aliphatic heterocycles. The number of hydrogen-bond donors (Lipinski definition) is 0. The van der Waals surface area contributed by atoms with Crippen molar-refractivity contribution in [1.82, 2.24) is 15.2 Å². The molecule has 2 heterocycles. The molecule has 4 aromatic rings. The Hall–Kier alpha value is -2.99. The molecule has 0 N–H and O–H groups in total. The van der Waals surface area contributed by atoms with Crippen LogP contribution in [0, 0.1) is 11.6 Å². The van der Waals surface area contributed by atoms with Crippen molar-refractivity contribution >= 4 is 15.9 Å². The fraction of sp³-hybridized carbons (Fsp3) is 0. The largest absolute Gasteiger partial charge is 0.256 e. The van der Waals surface area contributed by atoms with Crippen molar-refractivity contribution in [3.05, 3.63) is 89.2 Å². The molecule has 0 saturated carbocycles. The first kappa shape index (κ1) is 17.4. The minimum atomic E-state index is -0.698. The first-order valence-corrected chi connectivity index (χ1v) is 8.93. The fourth-order valence-electron chi connectivity index (χ4n) is 2.94. The van der Waals surface area contributed by atoms with Gasteiger partial charge in [0.1, 0.15) is 21.9 Å². The molecule has 27 heavy (non-hydrogen) atoms. The van der Waals surface area contributed by atoms with Gasteiger partial charge in [-0.3, -0.25) is 4.98 Å². The number of pyridine rings is 1. The molecule has 0 aliphatic carbocycles. The van der Waals surface area contributed by atoms with Crippen LogP contribution in [0.1, 0.15) is 0 Å². The van der Waals surface area contributed by atoms with Crippen LogP contribution in [-0.4, -0.2) is 15.2 Å². The van der Waals surface area contributed by atoms with Crippen LogP contribution in [0.3, 0.4) is 0 Å². The van der Waals surface area contributed by atoms with E-state index >= 15 is 0 Å². The third kappa shape index (κ3) is 3.24. The van der Waals surface area contributed by atoms with Crippen LogP contribution in [0.15, 0.2) is 77.5 Å².